The molecule has 0 bridgehead atoms. The fraction of sp³-hybridized carbons (Fsp3) is 0.632. The molecule has 3 atom stereocenters. The standard InChI is InChI=1S/C19H29N3O3/c1-15-13-17(7-10-25-15)21-19(23)20-14-18(16-5-3-2-4-6-16)22-8-11-24-12-9-22/h2-6,15,17-18H,7-14H2,1H3,(H2,20,21,23)/t15-,17+,18-/m1/s1. The Kier molecular flexibility index (Phi) is 6.67. The lowest BCUT2D eigenvalue weighted by atomic mass is 10.0. The third-order valence-corrected chi connectivity index (χ3v) is 4.95. The first kappa shape index (κ1) is 18.2. The molecule has 2 N–H and O–H groups in total. The van der Waals surface area contributed by atoms with Gasteiger partial charge in [-0.2, -0.15) is 0 Å². The van der Waals surface area contributed by atoms with E-state index in [1.807, 2.05) is 18.2 Å². The van der Waals surface area contributed by atoms with E-state index in [2.05, 4.69) is 34.6 Å². The van der Waals surface area contributed by atoms with Crippen molar-refractivity contribution in [1.82, 2.24) is 15.5 Å². The number of amides is 2. The van der Waals surface area contributed by atoms with Crippen molar-refractivity contribution in [3.63, 3.8) is 0 Å². The third-order valence-electron chi connectivity index (χ3n) is 4.95. The monoisotopic (exact) mass is 347 g/mol. The van der Waals surface area contributed by atoms with Gasteiger partial charge in [0.25, 0.3) is 0 Å². The lowest BCUT2D eigenvalue weighted by molar-refractivity contribution is 0.0141. The number of urea groups is 1. The maximum absolute atomic E-state index is 12.3. The van der Waals surface area contributed by atoms with Gasteiger partial charge in [-0.25, -0.2) is 4.79 Å². The zero-order valence-electron chi connectivity index (χ0n) is 14.9. The lowest BCUT2D eigenvalue weighted by Crippen LogP contribution is -2.49. The van der Waals surface area contributed by atoms with Crippen LogP contribution < -0.4 is 10.6 Å². The highest BCUT2D eigenvalue weighted by atomic mass is 16.5. The number of carbonyl (C=O) groups excluding carboxylic acids is 1. The minimum atomic E-state index is -0.0895. The second-order valence-corrected chi connectivity index (χ2v) is 6.83. The van der Waals surface area contributed by atoms with Crippen molar-refractivity contribution in [1.29, 1.82) is 0 Å². The van der Waals surface area contributed by atoms with Gasteiger partial charge in [0.05, 0.1) is 25.4 Å². The van der Waals surface area contributed by atoms with Gasteiger partial charge >= 0.3 is 6.03 Å². The van der Waals surface area contributed by atoms with Crippen molar-refractivity contribution in [2.24, 2.45) is 0 Å². The molecule has 0 spiro atoms. The molecule has 0 aromatic heterocycles. The molecule has 1 aromatic rings. The van der Waals surface area contributed by atoms with E-state index < -0.39 is 0 Å². The predicted molar refractivity (Wildman–Crippen MR) is 96.5 cm³/mol. The first-order valence-electron chi connectivity index (χ1n) is 9.25. The average molecular weight is 347 g/mol. The average Bonchev–Trinajstić information content (AvgIpc) is 2.64. The van der Waals surface area contributed by atoms with Crippen LogP contribution in [0.4, 0.5) is 4.79 Å². The van der Waals surface area contributed by atoms with Crippen LogP contribution in [0.5, 0.6) is 0 Å². The number of nitrogens with one attached hydrogen (secondary N) is 2. The maximum atomic E-state index is 12.3. The molecule has 0 radical (unpaired) electrons. The van der Waals surface area contributed by atoms with Crippen LogP contribution in [0.2, 0.25) is 0 Å². The van der Waals surface area contributed by atoms with E-state index in [1.165, 1.54) is 5.56 Å². The molecule has 2 aliphatic rings. The topological polar surface area (TPSA) is 62.8 Å². The zero-order valence-corrected chi connectivity index (χ0v) is 14.9. The molecule has 2 fully saturated rings. The minimum Gasteiger partial charge on any atom is -0.379 e. The summed E-state index contributed by atoms with van der Waals surface area (Å²) in [7, 11) is 0. The van der Waals surface area contributed by atoms with Crippen molar-refractivity contribution < 1.29 is 14.3 Å². The summed E-state index contributed by atoms with van der Waals surface area (Å²) in [5.41, 5.74) is 1.23. The molecular weight excluding hydrogens is 318 g/mol. The Morgan fingerprint density at radius 1 is 1.24 bits per heavy atom. The SMILES string of the molecule is C[C@@H]1C[C@@H](NC(=O)NC[C@H](c2ccccc2)N2CCOCC2)CCO1. The Morgan fingerprint density at radius 2 is 2.00 bits per heavy atom. The summed E-state index contributed by atoms with van der Waals surface area (Å²) in [6, 6.07) is 10.6. The third kappa shape index (κ3) is 5.42. The van der Waals surface area contributed by atoms with Gasteiger partial charge in [0, 0.05) is 32.3 Å². The summed E-state index contributed by atoms with van der Waals surface area (Å²) >= 11 is 0. The summed E-state index contributed by atoms with van der Waals surface area (Å²) in [6.07, 6.45) is 1.96. The molecule has 0 aliphatic carbocycles. The van der Waals surface area contributed by atoms with E-state index in [9.17, 15) is 4.79 Å². The highest BCUT2D eigenvalue weighted by Crippen LogP contribution is 2.21. The van der Waals surface area contributed by atoms with Crippen LogP contribution >= 0.6 is 0 Å². The van der Waals surface area contributed by atoms with Gasteiger partial charge in [0.15, 0.2) is 0 Å². The van der Waals surface area contributed by atoms with Gasteiger partial charge in [-0.15, -0.1) is 0 Å². The molecule has 2 saturated heterocycles. The second-order valence-electron chi connectivity index (χ2n) is 6.83. The summed E-state index contributed by atoms with van der Waals surface area (Å²) < 4.78 is 11.0. The van der Waals surface area contributed by atoms with Gasteiger partial charge in [-0.05, 0) is 25.3 Å². The number of hydrogen-bond donors (Lipinski definition) is 2. The number of nitrogens with zero attached hydrogens (tertiary/aromatic N) is 1. The smallest absolute Gasteiger partial charge is 0.315 e. The Labute approximate surface area is 149 Å². The number of rotatable bonds is 5. The molecule has 138 valence electrons. The summed E-state index contributed by atoms with van der Waals surface area (Å²) in [5, 5.41) is 6.15. The van der Waals surface area contributed by atoms with E-state index in [-0.39, 0.29) is 24.2 Å². The first-order chi connectivity index (χ1) is 12.2. The number of carbonyl (C=O) groups is 1. The van der Waals surface area contributed by atoms with Gasteiger partial charge in [-0.1, -0.05) is 30.3 Å². The summed E-state index contributed by atoms with van der Waals surface area (Å²) in [4.78, 5) is 14.7. The normalized spacial score (nSPS) is 26.0. The van der Waals surface area contributed by atoms with Gasteiger partial charge < -0.3 is 20.1 Å². The number of ether oxygens (including phenoxy) is 2. The van der Waals surface area contributed by atoms with E-state index >= 15 is 0 Å². The van der Waals surface area contributed by atoms with Crippen molar-refractivity contribution in [2.45, 2.75) is 38.0 Å². The Hall–Kier alpha value is -1.63. The summed E-state index contributed by atoms with van der Waals surface area (Å²) in [6.45, 7) is 6.63. The van der Waals surface area contributed by atoms with Crippen molar-refractivity contribution >= 4 is 6.03 Å². The van der Waals surface area contributed by atoms with E-state index in [4.69, 9.17) is 9.47 Å². The number of hydrogen-bond acceptors (Lipinski definition) is 4. The predicted octanol–water partition coefficient (Wildman–Crippen LogP) is 1.93. The quantitative estimate of drug-likeness (QED) is 0.854. The van der Waals surface area contributed by atoms with Crippen LogP contribution in [0.15, 0.2) is 30.3 Å². The van der Waals surface area contributed by atoms with Gasteiger partial charge in [0.1, 0.15) is 0 Å². The van der Waals surface area contributed by atoms with Crippen LogP contribution in [0.25, 0.3) is 0 Å². The van der Waals surface area contributed by atoms with E-state index in [1.54, 1.807) is 0 Å². The number of benzene rings is 1. The molecule has 6 nitrogen and oxygen atoms in total. The number of morpholine rings is 1. The van der Waals surface area contributed by atoms with Crippen LogP contribution in [0, 0.1) is 0 Å². The molecule has 0 saturated carbocycles. The fourth-order valence-corrected chi connectivity index (χ4v) is 3.58. The minimum absolute atomic E-state index is 0.0895. The highest BCUT2D eigenvalue weighted by molar-refractivity contribution is 5.74. The van der Waals surface area contributed by atoms with Crippen LogP contribution in [-0.2, 0) is 9.47 Å². The molecule has 3 rings (SSSR count). The van der Waals surface area contributed by atoms with E-state index in [0.29, 0.717) is 13.2 Å². The van der Waals surface area contributed by atoms with Gasteiger partial charge in [-0.3, -0.25) is 4.90 Å². The molecule has 6 heteroatoms. The first-order valence-corrected chi connectivity index (χ1v) is 9.25. The van der Waals surface area contributed by atoms with Crippen molar-refractivity contribution in [2.75, 3.05) is 39.5 Å². The molecule has 2 aliphatic heterocycles. The molecule has 2 amide bonds. The van der Waals surface area contributed by atoms with Crippen molar-refractivity contribution in [3.05, 3.63) is 35.9 Å². The maximum Gasteiger partial charge on any atom is 0.315 e. The van der Waals surface area contributed by atoms with Gasteiger partial charge in [0.2, 0.25) is 0 Å². The second kappa shape index (κ2) is 9.17. The lowest BCUT2D eigenvalue weighted by Gasteiger charge is -2.35. The van der Waals surface area contributed by atoms with Crippen LogP contribution in [0.1, 0.15) is 31.4 Å². The highest BCUT2D eigenvalue weighted by Gasteiger charge is 2.24. The van der Waals surface area contributed by atoms with Crippen LogP contribution in [0.3, 0.4) is 0 Å². The molecule has 1 aromatic carbocycles. The zero-order chi connectivity index (χ0) is 17.5. The fourth-order valence-electron chi connectivity index (χ4n) is 3.58. The molecule has 0 unspecified atom stereocenters. The van der Waals surface area contributed by atoms with E-state index in [0.717, 1.165) is 39.1 Å². The Bertz CT molecular complexity index is 534. The van der Waals surface area contributed by atoms with Crippen LogP contribution in [-0.4, -0.2) is 62.5 Å². The Balaban J connectivity index is 1.55. The molecule has 2 heterocycles. The summed E-state index contributed by atoms with van der Waals surface area (Å²) in [5.74, 6) is 0. The molecule has 25 heavy (non-hydrogen) atoms. The van der Waals surface area contributed by atoms with Crippen molar-refractivity contribution in [3.8, 4) is 0 Å². The Morgan fingerprint density at radius 3 is 2.72 bits per heavy atom. The largest absolute Gasteiger partial charge is 0.379 e. The molecular formula is C19H29N3O3.